The van der Waals surface area contributed by atoms with Crippen LogP contribution in [0.1, 0.15) is 36.2 Å². The van der Waals surface area contributed by atoms with Crippen LogP contribution in [0.25, 0.3) is 11.3 Å². The van der Waals surface area contributed by atoms with Crippen LogP contribution < -0.4 is 16.2 Å². The lowest BCUT2D eigenvalue weighted by atomic mass is 9.93. The Morgan fingerprint density at radius 3 is 2.59 bits per heavy atom. The van der Waals surface area contributed by atoms with Crippen molar-refractivity contribution in [2.75, 3.05) is 19.6 Å². The molecular formula is C28H35N7O3S. The predicted molar refractivity (Wildman–Crippen MR) is 150 cm³/mol. The number of aromatic nitrogens is 2. The summed E-state index contributed by atoms with van der Waals surface area (Å²) in [6.07, 6.45) is 4.33. The molecule has 1 amide bonds. The van der Waals surface area contributed by atoms with Gasteiger partial charge in [-0.05, 0) is 74.9 Å². The highest BCUT2D eigenvalue weighted by Gasteiger charge is 2.32. The van der Waals surface area contributed by atoms with E-state index in [1.54, 1.807) is 66.6 Å². The van der Waals surface area contributed by atoms with Crippen molar-refractivity contribution in [1.29, 1.82) is 5.41 Å². The number of piperidine rings is 1. The Kier molecular flexibility index (Phi) is 9.05. The molecule has 1 atom stereocenters. The largest absolute Gasteiger partial charge is 0.384 e. The first-order valence-electron chi connectivity index (χ1n) is 13.0. The summed E-state index contributed by atoms with van der Waals surface area (Å²) in [6, 6.07) is 14.1. The second kappa shape index (κ2) is 12.5. The summed E-state index contributed by atoms with van der Waals surface area (Å²) in [5, 5.41) is 7.75. The highest BCUT2D eigenvalue weighted by Crippen LogP contribution is 2.23. The van der Waals surface area contributed by atoms with Crippen molar-refractivity contribution in [2.45, 2.75) is 43.5 Å². The van der Waals surface area contributed by atoms with Gasteiger partial charge < -0.3 is 16.4 Å². The van der Waals surface area contributed by atoms with Gasteiger partial charge in [-0.2, -0.15) is 4.72 Å². The molecule has 10 nitrogen and oxygen atoms in total. The number of benzene rings is 2. The number of carbonyl (C=O) groups is 1. The van der Waals surface area contributed by atoms with Crippen molar-refractivity contribution < 1.29 is 13.2 Å². The van der Waals surface area contributed by atoms with Crippen LogP contribution in [0.4, 0.5) is 0 Å². The fourth-order valence-corrected chi connectivity index (χ4v) is 6.11. The summed E-state index contributed by atoms with van der Waals surface area (Å²) < 4.78 is 29.9. The molecule has 0 aliphatic carbocycles. The van der Waals surface area contributed by atoms with E-state index in [2.05, 4.69) is 14.7 Å². The molecule has 0 bridgehead atoms. The van der Waals surface area contributed by atoms with Gasteiger partial charge in [-0.1, -0.05) is 30.3 Å². The zero-order chi connectivity index (χ0) is 28.0. The van der Waals surface area contributed by atoms with E-state index in [0.29, 0.717) is 53.8 Å². The maximum absolute atomic E-state index is 13.7. The molecule has 0 spiro atoms. The Labute approximate surface area is 229 Å². The van der Waals surface area contributed by atoms with Crippen LogP contribution >= 0.6 is 0 Å². The van der Waals surface area contributed by atoms with Gasteiger partial charge in [0.15, 0.2) is 0 Å². The Hall–Kier alpha value is -3.67. The lowest BCUT2D eigenvalue weighted by molar-refractivity contribution is -0.134. The third-order valence-corrected chi connectivity index (χ3v) is 8.46. The Balaban J connectivity index is 1.61. The van der Waals surface area contributed by atoms with Crippen LogP contribution in [0.15, 0.2) is 65.7 Å². The maximum Gasteiger partial charge on any atom is 0.241 e. The van der Waals surface area contributed by atoms with Crippen LogP contribution in [0.2, 0.25) is 0 Å². The molecule has 6 N–H and O–H groups in total. The summed E-state index contributed by atoms with van der Waals surface area (Å²) in [6.45, 7) is 3.48. The lowest BCUT2D eigenvalue weighted by Gasteiger charge is -2.34. The number of likely N-dealkylation sites (tertiary alicyclic amines) is 1. The van der Waals surface area contributed by atoms with E-state index >= 15 is 0 Å². The normalized spacial score (nSPS) is 15.2. The van der Waals surface area contributed by atoms with Crippen molar-refractivity contribution in [1.82, 2.24) is 19.6 Å². The molecular weight excluding hydrogens is 514 g/mol. The van der Waals surface area contributed by atoms with Gasteiger partial charge in [0.2, 0.25) is 15.9 Å². The van der Waals surface area contributed by atoms with E-state index in [1.807, 2.05) is 0 Å². The molecule has 2 aromatic carbocycles. The molecule has 1 aliphatic rings. The monoisotopic (exact) mass is 549 g/mol. The molecule has 1 aliphatic heterocycles. The van der Waals surface area contributed by atoms with Gasteiger partial charge in [0.05, 0.1) is 10.6 Å². The molecule has 1 saturated heterocycles. The first-order valence-corrected chi connectivity index (χ1v) is 14.5. The number of hydrogen-bond donors (Lipinski definition) is 4. The van der Waals surface area contributed by atoms with Crippen LogP contribution in [-0.2, 0) is 21.2 Å². The van der Waals surface area contributed by atoms with Gasteiger partial charge in [0, 0.05) is 30.4 Å². The van der Waals surface area contributed by atoms with Crippen LogP contribution in [0.5, 0.6) is 0 Å². The number of aryl methyl sites for hydroxylation is 1. The number of carbonyl (C=O) groups excluding carboxylic acids is 1. The van der Waals surface area contributed by atoms with Crippen molar-refractivity contribution in [2.24, 2.45) is 17.4 Å². The predicted octanol–water partition coefficient (Wildman–Crippen LogP) is 2.21. The third-order valence-electron chi connectivity index (χ3n) is 6.99. The molecule has 39 heavy (non-hydrogen) atoms. The Morgan fingerprint density at radius 1 is 1.15 bits per heavy atom. The SMILES string of the molecule is Cc1nccc(-c2cccc(S(=O)(=O)N[C@H](Cc3cccc(C(=N)N)c3)C(=O)N3CCC(CCN)CC3)c2)n1. The minimum absolute atomic E-state index is 0.0354. The second-order valence-electron chi connectivity index (χ2n) is 9.85. The van der Waals surface area contributed by atoms with E-state index in [-0.39, 0.29) is 23.1 Å². The standard InChI is InChI=1S/C28H35N7O3S/c1-19-32-13-9-25(33-19)22-5-3-7-24(18-22)39(37,38)34-26(17-21-4-2-6-23(16-21)27(30)31)28(36)35-14-10-20(8-12-29)11-15-35/h2-7,9,13,16,18,20,26,34H,8,10-12,14-15,17,29H2,1H3,(H3,30,31)/t26-/m1/s1. The number of nitrogens with two attached hydrogens (primary N) is 2. The van der Waals surface area contributed by atoms with Crippen LogP contribution in [0.3, 0.4) is 0 Å². The smallest absolute Gasteiger partial charge is 0.241 e. The lowest BCUT2D eigenvalue weighted by Crippen LogP contribution is -2.51. The fourth-order valence-electron chi connectivity index (χ4n) is 4.87. The first-order chi connectivity index (χ1) is 18.7. The molecule has 4 rings (SSSR count). The average Bonchev–Trinajstić information content (AvgIpc) is 2.93. The molecule has 1 fully saturated rings. The zero-order valence-electron chi connectivity index (χ0n) is 22.0. The highest BCUT2D eigenvalue weighted by molar-refractivity contribution is 7.89. The highest BCUT2D eigenvalue weighted by atomic mass is 32.2. The van der Waals surface area contributed by atoms with Gasteiger partial charge in [-0.15, -0.1) is 0 Å². The summed E-state index contributed by atoms with van der Waals surface area (Å²) in [4.78, 5) is 24.0. The second-order valence-corrected chi connectivity index (χ2v) is 11.6. The van der Waals surface area contributed by atoms with E-state index in [4.69, 9.17) is 16.9 Å². The van der Waals surface area contributed by atoms with E-state index < -0.39 is 16.1 Å². The minimum atomic E-state index is -4.07. The molecule has 0 saturated carbocycles. The quantitative estimate of drug-likeness (QED) is 0.222. The number of nitrogens with zero attached hydrogens (tertiary/aromatic N) is 3. The van der Waals surface area contributed by atoms with Crippen molar-refractivity contribution in [3.05, 3.63) is 77.7 Å². The number of amidine groups is 1. The van der Waals surface area contributed by atoms with Gasteiger partial charge in [0.1, 0.15) is 17.7 Å². The van der Waals surface area contributed by atoms with Crippen molar-refractivity contribution in [3.63, 3.8) is 0 Å². The number of nitrogens with one attached hydrogen (secondary N) is 2. The summed E-state index contributed by atoms with van der Waals surface area (Å²) >= 11 is 0. The summed E-state index contributed by atoms with van der Waals surface area (Å²) in [7, 11) is -4.07. The Morgan fingerprint density at radius 2 is 1.90 bits per heavy atom. The number of hydrogen-bond acceptors (Lipinski definition) is 7. The molecule has 3 aromatic rings. The van der Waals surface area contributed by atoms with Crippen molar-refractivity contribution >= 4 is 21.8 Å². The van der Waals surface area contributed by atoms with E-state index in [1.165, 1.54) is 6.07 Å². The topological polar surface area (TPSA) is 168 Å². The maximum atomic E-state index is 13.7. The molecule has 11 heteroatoms. The minimum Gasteiger partial charge on any atom is -0.384 e. The summed E-state index contributed by atoms with van der Waals surface area (Å²) in [5.41, 5.74) is 13.8. The van der Waals surface area contributed by atoms with Gasteiger partial charge >= 0.3 is 0 Å². The molecule has 206 valence electrons. The van der Waals surface area contributed by atoms with Crippen LogP contribution in [0, 0.1) is 18.3 Å². The van der Waals surface area contributed by atoms with Gasteiger partial charge in [0.25, 0.3) is 0 Å². The molecule has 2 heterocycles. The first kappa shape index (κ1) is 28.3. The average molecular weight is 550 g/mol. The summed E-state index contributed by atoms with van der Waals surface area (Å²) in [5.74, 6) is 0.668. The van der Waals surface area contributed by atoms with Gasteiger partial charge in [-0.25, -0.2) is 18.4 Å². The Bertz CT molecular complexity index is 1440. The fraction of sp³-hybridized carbons (Fsp3) is 0.357. The van der Waals surface area contributed by atoms with Crippen LogP contribution in [-0.4, -0.2) is 60.7 Å². The number of amides is 1. The zero-order valence-corrected chi connectivity index (χ0v) is 22.8. The number of rotatable bonds is 10. The third kappa shape index (κ3) is 7.25. The van der Waals surface area contributed by atoms with Gasteiger partial charge in [-0.3, -0.25) is 10.2 Å². The van der Waals surface area contributed by atoms with E-state index in [9.17, 15) is 13.2 Å². The molecule has 0 radical (unpaired) electrons. The molecule has 0 unspecified atom stereocenters. The number of nitrogen functional groups attached to an aromatic ring is 1. The van der Waals surface area contributed by atoms with E-state index in [0.717, 1.165) is 19.3 Å². The van der Waals surface area contributed by atoms with Crippen molar-refractivity contribution in [3.8, 4) is 11.3 Å². The number of sulfonamides is 1. The molecule has 1 aromatic heterocycles.